The molecule has 0 saturated heterocycles. The van der Waals surface area contributed by atoms with Gasteiger partial charge in [-0.1, -0.05) is 0 Å². The number of nitrogens with one attached hydrogen (secondary N) is 2. The lowest BCUT2D eigenvalue weighted by Gasteiger charge is -2.10. The molecule has 0 bridgehead atoms. The topological polar surface area (TPSA) is 92.7 Å². The van der Waals surface area contributed by atoms with Crippen molar-refractivity contribution in [2.24, 2.45) is 0 Å². The molecule has 0 saturated carbocycles. The monoisotopic (exact) mass is 269 g/mol. The number of imidazole rings is 1. The summed E-state index contributed by atoms with van der Waals surface area (Å²) in [6.45, 7) is 4.35. The molecule has 1 unspecified atom stereocenters. The molecule has 0 aliphatic heterocycles. The molecule has 2 N–H and O–H groups in total. The minimum absolute atomic E-state index is 0.0275. The lowest BCUT2D eigenvalue weighted by atomic mass is 10.2. The van der Waals surface area contributed by atoms with Gasteiger partial charge in [-0.3, -0.25) is 5.10 Å². The van der Waals surface area contributed by atoms with E-state index in [-0.39, 0.29) is 11.1 Å². The molecule has 18 heavy (non-hydrogen) atoms. The Morgan fingerprint density at radius 2 is 2.33 bits per heavy atom. The SMILES string of the molecule is CCn1cnc(S(=O)(=O)NC(C)c2cn[nH]c2)c1. The summed E-state index contributed by atoms with van der Waals surface area (Å²) >= 11 is 0. The largest absolute Gasteiger partial charge is 0.336 e. The minimum Gasteiger partial charge on any atom is -0.336 e. The van der Waals surface area contributed by atoms with Gasteiger partial charge in [0.15, 0.2) is 5.03 Å². The molecule has 0 fully saturated rings. The van der Waals surface area contributed by atoms with Gasteiger partial charge in [-0.05, 0) is 13.8 Å². The Hall–Kier alpha value is -1.67. The van der Waals surface area contributed by atoms with Gasteiger partial charge < -0.3 is 4.57 Å². The third-order valence-electron chi connectivity index (χ3n) is 2.60. The van der Waals surface area contributed by atoms with Gasteiger partial charge in [0.05, 0.1) is 12.5 Å². The van der Waals surface area contributed by atoms with Crippen LogP contribution in [0.15, 0.2) is 29.9 Å². The molecule has 1 atom stereocenters. The van der Waals surface area contributed by atoms with Crippen molar-refractivity contribution in [1.29, 1.82) is 0 Å². The van der Waals surface area contributed by atoms with Crippen molar-refractivity contribution in [3.63, 3.8) is 0 Å². The van der Waals surface area contributed by atoms with Crippen molar-refractivity contribution in [1.82, 2.24) is 24.5 Å². The number of sulfonamides is 1. The van der Waals surface area contributed by atoms with Crippen LogP contribution in [0, 0.1) is 0 Å². The van der Waals surface area contributed by atoms with Crippen LogP contribution in [0.5, 0.6) is 0 Å². The van der Waals surface area contributed by atoms with Gasteiger partial charge in [0, 0.05) is 30.5 Å². The maximum absolute atomic E-state index is 12.0. The first kappa shape index (κ1) is 12.8. The first-order valence-electron chi connectivity index (χ1n) is 5.55. The Kier molecular flexibility index (Phi) is 3.48. The quantitative estimate of drug-likeness (QED) is 0.834. The van der Waals surface area contributed by atoms with Crippen molar-refractivity contribution in [3.05, 3.63) is 30.5 Å². The Balaban J connectivity index is 2.17. The number of hydrogen-bond acceptors (Lipinski definition) is 4. The summed E-state index contributed by atoms with van der Waals surface area (Å²) in [5.41, 5.74) is 0.772. The van der Waals surface area contributed by atoms with Gasteiger partial charge in [0.1, 0.15) is 0 Å². The predicted molar refractivity (Wildman–Crippen MR) is 65.2 cm³/mol. The molecule has 8 heteroatoms. The Morgan fingerprint density at radius 1 is 1.56 bits per heavy atom. The highest BCUT2D eigenvalue weighted by atomic mass is 32.2. The fourth-order valence-corrected chi connectivity index (χ4v) is 2.69. The van der Waals surface area contributed by atoms with Crippen molar-refractivity contribution in [2.75, 3.05) is 0 Å². The summed E-state index contributed by atoms with van der Waals surface area (Å²) < 4.78 is 28.4. The van der Waals surface area contributed by atoms with Crippen molar-refractivity contribution < 1.29 is 8.42 Å². The zero-order valence-electron chi connectivity index (χ0n) is 10.2. The number of rotatable bonds is 5. The fourth-order valence-electron chi connectivity index (χ4n) is 1.51. The Morgan fingerprint density at radius 3 is 2.89 bits per heavy atom. The highest BCUT2D eigenvalue weighted by Gasteiger charge is 2.21. The third kappa shape index (κ3) is 2.59. The number of aryl methyl sites for hydroxylation is 1. The molecule has 0 spiro atoms. The smallest absolute Gasteiger partial charge is 0.260 e. The van der Waals surface area contributed by atoms with Gasteiger partial charge in [-0.25, -0.2) is 18.1 Å². The van der Waals surface area contributed by atoms with E-state index in [0.29, 0.717) is 6.54 Å². The van der Waals surface area contributed by atoms with E-state index in [1.54, 1.807) is 23.9 Å². The lowest BCUT2D eigenvalue weighted by Crippen LogP contribution is -2.27. The molecule has 7 nitrogen and oxygen atoms in total. The Bertz CT molecular complexity index is 602. The first-order valence-corrected chi connectivity index (χ1v) is 7.04. The van der Waals surface area contributed by atoms with Crippen LogP contribution in [0.1, 0.15) is 25.5 Å². The summed E-state index contributed by atoms with van der Waals surface area (Å²) in [5, 5.41) is 6.46. The Labute approximate surface area is 105 Å². The zero-order chi connectivity index (χ0) is 13.2. The number of hydrogen-bond donors (Lipinski definition) is 2. The molecule has 2 aromatic rings. The predicted octanol–water partition coefficient (Wildman–Crippen LogP) is 0.666. The molecule has 0 aliphatic rings. The number of aromatic nitrogens is 4. The van der Waals surface area contributed by atoms with E-state index in [2.05, 4.69) is 19.9 Å². The summed E-state index contributed by atoms with van der Waals surface area (Å²) in [4.78, 5) is 3.88. The van der Waals surface area contributed by atoms with E-state index >= 15 is 0 Å². The average molecular weight is 269 g/mol. The molecule has 0 radical (unpaired) electrons. The van der Waals surface area contributed by atoms with E-state index in [9.17, 15) is 8.42 Å². The molecule has 0 amide bonds. The van der Waals surface area contributed by atoms with E-state index in [4.69, 9.17) is 0 Å². The summed E-state index contributed by atoms with van der Waals surface area (Å²) in [6.07, 6.45) is 6.23. The third-order valence-corrected chi connectivity index (χ3v) is 4.03. The van der Waals surface area contributed by atoms with Gasteiger partial charge in [0.2, 0.25) is 0 Å². The average Bonchev–Trinajstić information content (AvgIpc) is 3.00. The second-order valence-electron chi connectivity index (χ2n) is 3.92. The zero-order valence-corrected chi connectivity index (χ0v) is 11.0. The molecule has 0 aliphatic carbocycles. The van der Waals surface area contributed by atoms with Crippen molar-refractivity contribution in [3.8, 4) is 0 Å². The van der Waals surface area contributed by atoms with Crippen LogP contribution < -0.4 is 4.72 Å². The van der Waals surface area contributed by atoms with Crippen LogP contribution in [0.25, 0.3) is 0 Å². The minimum atomic E-state index is -3.60. The van der Waals surface area contributed by atoms with Crippen molar-refractivity contribution in [2.45, 2.75) is 31.5 Å². The standard InChI is InChI=1S/C10H15N5O2S/c1-3-15-6-10(11-7-15)18(16,17)14-8(2)9-4-12-13-5-9/h4-8,14H,3H2,1-2H3,(H,12,13). The van der Waals surface area contributed by atoms with Crippen LogP contribution in [0.3, 0.4) is 0 Å². The van der Waals surface area contributed by atoms with Gasteiger partial charge in [-0.15, -0.1) is 0 Å². The second-order valence-corrected chi connectivity index (χ2v) is 5.58. The van der Waals surface area contributed by atoms with Gasteiger partial charge >= 0.3 is 0 Å². The molecule has 2 rings (SSSR count). The van der Waals surface area contributed by atoms with E-state index in [1.165, 1.54) is 12.5 Å². The van der Waals surface area contributed by atoms with Gasteiger partial charge in [-0.2, -0.15) is 5.10 Å². The normalized spacial score (nSPS) is 13.7. The maximum atomic E-state index is 12.0. The summed E-state index contributed by atoms with van der Waals surface area (Å²) in [7, 11) is -3.60. The van der Waals surface area contributed by atoms with Crippen LogP contribution in [-0.4, -0.2) is 28.2 Å². The lowest BCUT2D eigenvalue weighted by molar-refractivity contribution is 0.563. The highest BCUT2D eigenvalue weighted by Crippen LogP contribution is 2.14. The van der Waals surface area contributed by atoms with Crippen LogP contribution in [0.4, 0.5) is 0 Å². The molecule has 2 heterocycles. The number of nitrogens with zero attached hydrogens (tertiary/aromatic N) is 3. The molecule has 2 aromatic heterocycles. The summed E-state index contributed by atoms with van der Waals surface area (Å²) in [5.74, 6) is 0. The molecule has 0 aromatic carbocycles. The van der Waals surface area contributed by atoms with E-state index in [0.717, 1.165) is 5.56 Å². The highest BCUT2D eigenvalue weighted by molar-refractivity contribution is 7.89. The maximum Gasteiger partial charge on any atom is 0.260 e. The number of H-pyrrole nitrogens is 1. The van der Waals surface area contributed by atoms with E-state index in [1.807, 2.05) is 6.92 Å². The molecular weight excluding hydrogens is 254 g/mol. The van der Waals surface area contributed by atoms with E-state index < -0.39 is 10.0 Å². The van der Waals surface area contributed by atoms with Crippen LogP contribution in [-0.2, 0) is 16.6 Å². The number of aromatic amines is 1. The summed E-state index contributed by atoms with van der Waals surface area (Å²) in [6, 6.07) is -0.361. The molecule has 98 valence electrons. The second kappa shape index (κ2) is 4.91. The van der Waals surface area contributed by atoms with Gasteiger partial charge in [0.25, 0.3) is 10.0 Å². The fraction of sp³-hybridized carbons (Fsp3) is 0.400. The molecular formula is C10H15N5O2S. The first-order chi connectivity index (χ1) is 8.53. The van der Waals surface area contributed by atoms with Crippen molar-refractivity contribution >= 4 is 10.0 Å². The van der Waals surface area contributed by atoms with Crippen LogP contribution >= 0.6 is 0 Å². The van der Waals surface area contributed by atoms with Crippen LogP contribution in [0.2, 0.25) is 0 Å².